The molecule has 11 nitrogen and oxygen atoms in total. The third kappa shape index (κ3) is 4.87. The van der Waals surface area contributed by atoms with Gasteiger partial charge in [0.2, 0.25) is 0 Å². The molecule has 0 radical (unpaired) electrons. The SMILES string of the molecule is O=C(NCCO[N+](=O)[O-])c1cc([N+](=O)[O-])cn(Cc2ccccc2)c1=O. The fourth-order valence-corrected chi connectivity index (χ4v) is 2.16. The number of carbonyl (C=O) groups excluding carboxylic acids is 1. The Hall–Kier alpha value is -3.76. The Bertz CT molecular complexity index is 879. The van der Waals surface area contributed by atoms with Crippen molar-refractivity contribution in [2.24, 2.45) is 0 Å². The number of carbonyl (C=O) groups is 1. The van der Waals surface area contributed by atoms with Crippen LogP contribution in [0.4, 0.5) is 5.69 Å². The number of nitrogens with one attached hydrogen (secondary N) is 1. The third-order valence-electron chi connectivity index (χ3n) is 3.31. The van der Waals surface area contributed by atoms with Crippen LogP contribution in [0.5, 0.6) is 0 Å². The molecule has 0 saturated heterocycles. The molecule has 1 aromatic heterocycles. The molecule has 0 aliphatic carbocycles. The molecule has 0 saturated carbocycles. The Balaban J connectivity index is 2.27. The van der Waals surface area contributed by atoms with Crippen molar-refractivity contribution >= 4 is 11.6 Å². The van der Waals surface area contributed by atoms with Crippen molar-refractivity contribution in [2.75, 3.05) is 13.2 Å². The monoisotopic (exact) mass is 362 g/mol. The van der Waals surface area contributed by atoms with Gasteiger partial charge < -0.3 is 14.7 Å². The maximum Gasteiger partial charge on any atom is 0.294 e. The van der Waals surface area contributed by atoms with Crippen LogP contribution in [-0.2, 0) is 11.4 Å². The largest absolute Gasteiger partial charge is 0.350 e. The van der Waals surface area contributed by atoms with Crippen molar-refractivity contribution in [2.45, 2.75) is 6.54 Å². The van der Waals surface area contributed by atoms with Gasteiger partial charge in [0, 0.05) is 12.6 Å². The molecule has 0 unspecified atom stereocenters. The van der Waals surface area contributed by atoms with Crippen LogP contribution in [0.15, 0.2) is 47.4 Å². The molecule has 0 spiro atoms. The average molecular weight is 362 g/mol. The van der Waals surface area contributed by atoms with Crippen molar-refractivity contribution in [3.63, 3.8) is 0 Å². The first-order chi connectivity index (χ1) is 12.4. The van der Waals surface area contributed by atoms with Gasteiger partial charge in [-0.1, -0.05) is 30.3 Å². The molecule has 2 aromatic rings. The van der Waals surface area contributed by atoms with E-state index in [1.54, 1.807) is 30.3 Å². The zero-order chi connectivity index (χ0) is 19.1. The summed E-state index contributed by atoms with van der Waals surface area (Å²) in [5.74, 6) is -0.882. The standard InChI is InChI=1S/C15H14N4O7/c20-14(16-6-7-26-19(24)25)13-8-12(18(22)23)10-17(15(13)21)9-11-4-2-1-3-5-11/h1-5,8,10H,6-7,9H2,(H,16,20). The highest BCUT2D eigenvalue weighted by atomic mass is 16.9. The predicted octanol–water partition coefficient (Wildman–Crippen LogP) is 0.743. The first-order valence-electron chi connectivity index (χ1n) is 7.37. The van der Waals surface area contributed by atoms with Gasteiger partial charge in [0.25, 0.3) is 22.2 Å². The molecule has 1 amide bonds. The predicted molar refractivity (Wildman–Crippen MR) is 88.2 cm³/mol. The minimum atomic E-state index is -1.02. The van der Waals surface area contributed by atoms with E-state index in [1.807, 2.05) is 0 Å². The molecule has 0 fully saturated rings. The lowest BCUT2D eigenvalue weighted by Crippen LogP contribution is -2.35. The number of pyridine rings is 1. The fraction of sp³-hybridized carbons (Fsp3) is 0.200. The first kappa shape index (κ1) is 18.6. The fourth-order valence-electron chi connectivity index (χ4n) is 2.16. The van der Waals surface area contributed by atoms with Crippen molar-refractivity contribution < 1.29 is 19.6 Å². The van der Waals surface area contributed by atoms with Gasteiger partial charge in [0.1, 0.15) is 12.2 Å². The first-order valence-corrected chi connectivity index (χ1v) is 7.37. The Morgan fingerprint density at radius 3 is 2.50 bits per heavy atom. The highest BCUT2D eigenvalue weighted by Crippen LogP contribution is 2.12. The van der Waals surface area contributed by atoms with E-state index in [0.717, 1.165) is 22.4 Å². The van der Waals surface area contributed by atoms with E-state index in [4.69, 9.17) is 0 Å². The molecule has 2 rings (SSSR count). The second kappa shape index (κ2) is 8.37. The minimum absolute atomic E-state index is 0.0477. The highest BCUT2D eigenvalue weighted by Gasteiger charge is 2.19. The number of hydrogen-bond acceptors (Lipinski definition) is 7. The average Bonchev–Trinajstić information content (AvgIpc) is 2.60. The Kier molecular flexibility index (Phi) is 5.98. The van der Waals surface area contributed by atoms with Crippen LogP contribution in [0.2, 0.25) is 0 Å². The summed E-state index contributed by atoms with van der Waals surface area (Å²) < 4.78 is 1.07. The van der Waals surface area contributed by atoms with Crippen molar-refractivity contribution in [1.29, 1.82) is 0 Å². The van der Waals surface area contributed by atoms with Gasteiger partial charge in [-0.3, -0.25) is 19.7 Å². The molecule has 11 heteroatoms. The Labute approximate surface area is 146 Å². The van der Waals surface area contributed by atoms with Crippen LogP contribution in [0.1, 0.15) is 15.9 Å². The summed E-state index contributed by atoms with van der Waals surface area (Å²) in [7, 11) is 0. The summed E-state index contributed by atoms with van der Waals surface area (Å²) in [6.45, 7) is -0.599. The number of benzene rings is 1. The maximum absolute atomic E-state index is 12.5. The molecule has 1 N–H and O–H groups in total. The van der Waals surface area contributed by atoms with E-state index in [9.17, 15) is 29.8 Å². The van der Waals surface area contributed by atoms with E-state index in [0.29, 0.717) is 0 Å². The molecular formula is C15H14N4O7. The molecule has 1 heterocycles. The minimum Gasteiger partial charge on any atom is -0.350 e. The third-order valence-corrected chi connectivity index (χ3v) is 3.31. The van der Waals surface area contributed by atoms with Crippen molar-refractivity contribution in [3.8, 4) is 0 Å². The normalized spacial score (nSPS) is 10.2. The van der Waals surface area contributed by atoms with E-state index in [-0.39, 0.29) is 13.1 Å². The topological polar surface area (TPSA) is 147 Å². The molecule has 26 heavy (non-hydrogen) atoms. The summed E-state index contributed by atoms with van der Waals surface area (Å²) in [5, 5.41) is 22.4. The Morgan fingerprint density at radius 1 is 1.19 bits per heavy atom. The number of amides is 1. The van der Waals surface area contributed by atoms with Gasteiger partial charge in [0.05, 0.1) is 17.7 Å². The number of aromatic nitrogens is 1. The summed E-state index contributed by atoms with van der Waals surface area (Å²) in [5.41, 5.74) is -0.851. The summed E-state index contributed by atoms with van der Waals surface area (Å²) in [4.78, 5) is 49.1. The quantitative estimate of drug-likeness (QED) is 0.414. The van der Waals surface area contributed by atoms with Crippen LogP contribution >= 0.6 is 0 Å². The van der Waals surface area contributed by atoms with Crippen molar-refractivity contribution in [1.82, 2.24) is 9.88 Å². The van der Waals surface area contributed by atoms with Crippen molar-refractivity contribution in [3.05, 3.63) is 84.3 Å². The van der Waals surface area contributed by atoms with E-state index in [2.05, 4.69) is 10.2 Å². The summed E-state index contributed by atoms with van der Waals surface area (Å²) >= 11 is 0. The lowest BCUT2D eigenvalue weighted by Gasteiger charge is -2.09. The van der Waals surface area contributed by atoms with Gasteiger partial charge in [-0.15, -0.1) is 10.1 Å². The number of nitro groups is 1. The zero-order valence-corrected chi connectivity index (χ0v) is 13.4. The Morgan fingerprint density at radius 2 is 1.88 bits per heavy atom. The van der Waals surface area contributed by atoms with Gasteiger partial charge in [-0.25, -0.2) is 0 Å². The summed E-state index contributed by atoms with van der Waals surface area (Å²) in [6, 6.07) is 9.63. The molecule has 1 aromatic carbocycles. The number of rotatable bonds is 8. The molecule has 0 aliphatic rings. The van der Waals surface area contributed by atoms with Crippen LogP contribution in [-0.4, -0.2) is 33.6 Å². The second-order valence-corrected chi connectivity index (χ2v) is 5.10. The van der Waals surface area contributed by atoms with Gasteiger partial charge in [-0.05, 0) is 5.56 Å². The lowest BCUT2D eigenvalue weighted by atomic mass is 10.2. The molecule has 0 bridgehead atoms. The van der Waals surface area contributed by atoms with E-state index in [1.165, 1.54) is 0 Å². The van der Waals surface area contributed by atoms with Crippen LogP contribution in [0, 0.1) is 20.2 Å². The summed E-state index contributed by atoms with van der Waals surface area (Å²) in [6.07, 6.45) is 1.06. The maximum atomic E-state index is 12.5. The lowest BCUT2D eigenvalue weighted by molar-refractivity contribution is -0.757. The van der Waals surface area contributed by atoms with Crippen LogP contribution in [0.25, 0.3) is 0 Å². The van der Waals surface area contributed by atoms with E-state index >= 15 is 0 Å². The molecular weight excluding hydrogens is 348 g/mol. The zero-order valence-electron chi connectivity index (χ0n) is 13.4. The van der Waals surface area contributed by atoms with Crippen LogP contribution < -0.4 is 10.9 Å². The smallest absolute Gasteiger partial charge is 0.294 e. The molecule has 0 atom stereocenters. The number of hydrogen-bond donors (Lipinski definition) is 1. The van der Waals surface area contributed by atoms with Gasteiger partial charge >= 0.3 is 0 Å². The second-order valence-electron chi connectivity index (χ2n) is 5.10. The molecule has 136 valence electrons. The van der Waals surface area contributed by atoms with E-state index < -0.39 is 39.3 Å². The number of nitrogens with zero attached hydrogens (tertiary/aromatic N) is 3. The highest BCUT2D eigenvalue weighted by molar-refractivity contribution is 5.94. The van der Waals surface area contributed by atoms with Gasteiger partial charge in [-0.2, -0.15) is 0 Å². The molecule has 0 aliphatic heterocycles. The van der Waals surface area contributed by atoms with Gasteiger partial charge in [0.15, 0.2) is 0 Å². The van der Waals surface area contributed by atoms with Crippen LogP contribution in [0.3, 0.4) is 0 Å².